The molecule has 2 aromatic heterocycles. The fourth-order valence-corrected chi connectivity index (χ4v) is 2.28. The summed E-state index contributed by atoms with van der Waals surface area (Å²) in [6, 6.07) is 7.50. The molecule has 0 aliphatic heterocycles. The number of hydrogen-bond acceptors (Lipinski definition) is 3. The third-order valence-corrected chi connectivity index (χ3v) is 3.20. The molecule has 5 nitrogen and oxygen atoms in total. The molecule has 2 heterocycles. The van der Waals surface area contributed by atoms with Crippen LogP contribution in [0.15, 0.2) is 35.3 Å². The Bertz CT molecular complexity index is 792. The van der Waals surface area contributed by atoms with Gasteiger partial charge in [-0.1, -0.05) is 24.3 Å². The Kier molecular flexibility index (Phi) is 2.79. The third kappa shape index (κ3) is 1.90. The van der Waals surface area contributed by atoms with Crippen molar-refractivity contribution >= 4 is 16.4 Å². The number of nitrogens with zero attached hydrogens (tertiary/aromatic N) is 2. The smallest absolute Gasteiger partial charge is 0.328 e. The number of nitrogens with two attached hydrogens (primary N) is 1. The lowest BCUT2D eigenvalue weighted by atomic mass is 10.0. The number of hydrogen-bond donors (Lipinski definition) is 2. The highest BCUT2D eigenvalue weighted by atomic mass is 19.1. The molecule has 3 N–H and O–H groups in total. The van der Waals surface area contributed by atoms with Gasteiger partial charge in [0.05, 0.1) is 0 Å². The van der Waals surface area contributed by atoms with Crippen molar-refractivity contribution in [1.29, 1.82) is 0 Å². The van der Waals surface area contributed by atoms with Crippen LogP contribution in [0, 0.1) is 0 Å². The van der Waals surface area contributed by atoms with Crippen LogP contribution in [-0.4, -0.2) is 27.3 Å². The van der Waals surface area contributed by atoms with E-state index in [9.17, 15) is 9.18 Å². The Balaban J connectivity index is 2.34. The summed E-state index contributed by atoms with van der Waals surface area (Å²) in [6.07, 6.45) is 0.694. The standard InChI is InChI=1S/C13H13FN4O/c14-9(6-15)5-8-7-18-12(16-17-13(18)19)11-4-2-1-3-10(8)11/h1-4,7,9H,5-6,15H2,(H,17,19). The Hall–Kier alpha value is -2.21. The van der Waals surface area contributed by atoms with Crippen LogP contribution >= 0.6 is 0 Å². The van der Waals surface area contributed by atoms with Gasteiger partial charge < -0.3 is 5.73 Å². The van der Waals surface area contributed by atoms with Gasteiger partial charge in [-0.2, -0.15) is 5.10 Å². The van der Waals surface area contributed by atoms with Crippen molar-refractivity contribution in [1.82, 2.24) is 14.6 Å². The van der Waals surface area contributed by atoms with Crippen LogP contribution in [0.4, 0.5) is 4.39 Å². The van der Waals surface area contributed by atoms with Crippen molar-refractivity contribution in [3.05, 3.63) is 46.5 Å². The minimum atomic E-state index is -1.12. The van der Waals surface area contributed by atoms with Gasteiger partial charge in [-0.15, -0.1) is 0 Å². The lowest BCUT2D eigenvalue weighted by molar-refractivity contribution is 0.340. The van der Waals surface area contributed by atoms with E-state index in [2.05, 4.69) is 10.2 Å². The molecule has 98 valence electrons. The van der Waals surface area contributed by atoms with Crippen LogP contribution in [0.2, 0.25) is 0 Å². The van der Waals surface area contributed by atoms with Gasteiger partial charge in [0.1, 0.15) is 6.17 Å². The molecule has 0 saturated carbocycles. The molecular formula is C13H13FN4O. The second-order valence-electron chi connectivity index (χ2n) is 4.46. The number of H-pyrrole nitrogens is 1. The molecule has 3 aromatic rings. The van der Waals surface area contributed by atoms with Crippen molar-refractivity contribution in [2.75, 3.05) is 6.54 Å². The van der Waals surface area contributed by atoms with Crippen LogP contribution in [0.25, 0.3) is 16.4 Å². The van der Waals surface area contributed by atoms with E-state index in [1.165, 1.54) is 4.40 Å². The van der Waals surface area contributed by atoms with E-state index in [1.807, 2.05) is 24.3 Å². The van der Waals surface area contributed by atoms with Gasteiger partial charge in [0.25, 0.3) is 0 Å². The van der Waals surface area contributed by atoms with E-state index < -0.39 is 6.17 Å². The van der Waals surface area contributed by atoms with Crippen LogP contribution in [0.1, 0.15) is 5.56 Å². The lowest BCUT2D eigenvalue weighted by Crippen LogP contribution is -2.18. The number of pyridine rings is 1. The molecule has 0 amide bonds. The van der Waals surface area contributed by atoms with Gasteiger partial charge in [0, 0.05) is 24.5 Å². The van der Waals surface area contributed by atoms with E-state index in [4.69, 9.17) is 5.73 Å². The van der Waals surface area contributed by atoms with Crippen molar-refractivity contribution in [2.24, 2.45) is 5.73 Å². The number of halogens is 1. The summed E-state index contributed by atoms with van der Waals surface area (Å²) in [5.74, 6) is 0. The van der Waals surface area contributed by atoms with E-state index in [1.54, 1.807) is 6.20 Å². The molecule has 1 atom stereocenters. The second kappa shape index (κ2) is 4.47. The van der Waals surface area contributed by atoms with E-state index >= 15 is 0 Å². The SMILES string of the molecule is NCC(F)Cc1cn2c(=O)[nH]nc2c2ccccc12. The molecule has 6 heteroatoms. The predicted octanol–water partition coefficient (Wildman–Crippen LogP) is 1.02. The summed E-state index contributed by atoms with van der Waals surface area (Å²) in [5.41, 5.74) is 6.30. The van der Waals surface area contributed by atoms with E-state index in [0.29, 0.717) is 5.65 Å². The summed E-state index contributed by atoms with van der Waals surface area (Å²) >= 11 is 0. The highest BCUT2D eigenvalue weighted by Crippen LogP contribution is 2.23. The first kappa shape index (κ1) is 11.9. The maximum absolute atomic E-state index is 13.5. The largest absolute Gasteiger partial charge is 0.347 e. The Morgan fingerprint density at radius 1 is 1.37 bits per heavy atom. The van der Waals surface area contributed by atoms with Crippen molar-refractivity contribution in [3.63, 3.8) is 0 Å². The van der Waals surface area contributed by atoms with Crippen molar-refractivity contribution < 1.29 is 4.39 Å². The monoisotopic (exact) mass is 260 g/mol. The molecule has 3 rings (SSSR count). The fourth-order valence-electron chi connectivity index (χ4n) is 2.28. The summed E-state index contributed by atoms with van der Waals surface area (Å²) in [7, 11) is 0. The number of alkyl halides is 1. The zero-order valence-electron chi connectivity index (χ0n) is 10.1. The molecule has 0 aliphatic rings. The topological polar surface area (TPSA) is 76.2 Å². The molecule has 0 saturated heterocycles. The van der Waals surface area contributed by atoms with Crippen molar-refractivity contribution in [3.8, 4) is 0 Å². The number of benzene rings is 1. The number of rotatable bonds is 3. The molecule has 0 radical (unpaired) electrons. The van der Waals surface area contributed by atoms with Gasteiger partial charge in [-0.05, 0) is 10.9 Å². The molecular weight excluding hydrogens is 247 g/mol. The fraction of sp³-hybridized carbons (Fsp3) is 0.231. The van der Waals surface area contributed by atoms with Gasteiger partial charge in [-0.25, -0.2) is 18.7 Å². The highest BCUT2D eigenvalue weighted by Gasteiger charge is 2.13. The second-order valence-corrected chi connectivity index (χ2v) is 4.46. The van der Waals surface area contributed by atoms with E-state index in [0.717, 1.165) is 16.3 Å². The Morgan fingerprint density at radius 3 is 2.84 bits per heavy atom. The summed E-state index contributed by atoms with van der Waals surface area (Å²) < 4.78 is 14.9. The summed E-state index contributed by atoms with van der Waals surface area (Å²) in [5, 5.41) is 8.11. The average molecular weight is 260 g/mol. The summed E-state index contributed by atoms with van der Waals surface area (Å²) in [4.78, 5) is 11.7. The minimum absolute atomic E-state index is 0.0351. The molecule has 1 unspecified atom stereocenters. The Labute approximate surface area is 107 Å². The van der Waals surface area contributed by atoms with Gasteiger partial charge >= 0.3 is 5.69 Å². The van der Waals surface area contributed by atoms with Crippen LogP contribution < -0.4 is 11.4 Å². The van der Waals surface area contributed by atoms with Crippen molar-refractivity contribution in [2.45, 2.75) is 12.6 Å². The van der Waals surface area contributed by atoms with Gasteiger partial charge in [0.15, 0.2) is 5.65 Å². The first-order chi connectivity index (χ1) is 9.20. The maximum Gasteiger partial charge on any atom is 0.347 e. The number of aromatic amines is 1. The summed E-state index contributed by atoms with van der Waals surface area (Å²) in [6.45, 7) is -0.0351. The molecule has 19 heavy (non-hydrogen) atoms. The highest BCUT2D eigenvalue weighted by molar-refractivity contribution is 5.95. The third-order valence-electron chi connectivity index (χ3n) is 3.20. The number of aromatic nitrogens is 3. The first-order valence-corrected chi connectivity index (χ1v) is 6.02. The zero-order chi connectivity index (χ0) is 13.4. The molecule has 0 fully saturated rings. The molecule has 0 spiro atoms. The van der Waals surface area contributed by atoms with Crippen LogP contribution in [-0.2, 0) is 6.42 Å². The Morgan fingerprint density at radius 2 is 2.11 bits per heavy atom. The van der Waals surface area contributed by atoms with Gasteiger partial charge in [0.2, 0.25) is 0 Å². The first-order valence-electron chi connectivity index (χ1n) is 6.02. The van der Waals surface area contributed by atoms with Crippen LogP contribution in [0.5, 0.6) is 0 Å². The van der Waals surface area contributed by atoms with Gasteiger partial charge in [-0.3, -0.25) is 0 Å². The maximum atomic E-state index is 13.5. The molecule has 1 aromatic carbocycles. The number of nitrogens with one attached hydrogen (secondary N) is 1. The normalized spacial score (nSPS) is 13.2. The average Bonchev–Trinajstić information content (AvgIpc) is 2.81. The minimum Gasteiger partial charge on any atom is -0.328 e. The molecule has 0 bridgehead atoms. The predicted molar refractivity (Wildman–Crippen MR) is 71.0 cm³/mol. The van der Waals surface area contributed by atoms with Crippen LogP contribution in [0.3, 0.4) is 0 Å². The zero-order valence-corrected chi connectivity index (χ0v) is 10.1. The number of fused-ring (bicyclic) bond motifs is 3. The quantitative estimate of drug-likeness (QED) is 0.738. The molecule has 0 aliphatic carbocycles. The lowest BCUT2D eigenvalue weighted by Gasteiger charge is -2.09. The van der Waals surface area contributed by atoms with E-state index in [-0.39, 0.29) is 18.7 Å².